The van der Waals surface area contributed by atoms with Crippen LogP contribution in [0.1, 0.15) is 45.4 Å². The topological polar surface area (TPSA) is 15.6 Å². The van der Waals surface area contributed by atoms with Crippen LogP contribution < -0.4 is 0 Å². The zero-order valence-electron chi connectivity index (χ0n) is 14.4. The van der Waals surface area contributed by atoms with E-state index < -0.39 is 17.8 Å². The minimum Gasteiger partial charge on any atom is -0.286 e. The van der Waals surface area contributed by atoms with Crippen LogP contribution in [-0.4, -0.2) is 34.4 Å². The van der Waals surface area contributed by atoms with Gasteiger partial charge in [0.15, 0.2) is 0 Å². The van der Waals surface area contributed by atoms with Crippen LogP contribution in [-0.2, 0) is 0 Å². The fourth-order valence-corrected chi connectivity index (χ4v) is 3.86. The molecule has 1 aliphatic heterocycles. The first-order valence-electron chi connectivity index (χ1n) is 8.94. The van der Waals surface area contributed by atoms with Gasteiger partial charge in [-0.3, -0.25) is 5.01 Å². The first-order chi connectivity index (χ1) is 11.8. The molecule has 1 heterocycles. The molecular weight excluding hydrogens is 349 g/mol. The summed E-state index contributed by atoms with van der Waals surface area (Å²) in [5.41, 5.74) is 1.12. The molecule has 6 heteroatoms. The van der Waals surface area contributed by atoms with Crippen molar-refractivity contribution >= 4 is 17.3 Å². The van der Waals surface area contributed by atoms with Gasteiger partial charge in [-0.1, -0.05) is 49.3 Å². The second kappa shape index (κ2) is 7.18. The van der Waals surface area contributed by atoms with Crippen molar-refractivity contribution in [3.63, 3.8) is 0 Å². The van der Waals surface area contributed by atoms with Gasteiger partial charge in [-0.25, -0.2) is 0 Å². The normalized spacial score (nSPS) is 29.6. The predicted molar refractivity (Wildman–Crippen MR) is 95.8 cm³/mol. The predicted octanol–water partition coefficient (Wildman–Crippen LogP) is 5.61. The summed E-state index contributed by atoms with van der Waals surface area (Å²) in [6.07, 6.45) is 5.65. The number of nitrogens with zero attached hydrogens (tertiary/aromatic N) is 2. The molecule has 3 rings (SSSR count). The molecule has 25 heavy (non-hydrogen) atoms. The molecule has 3 aliphatic rings. The lowest BCUT2D eigenvalue weighted by Crippen LogP contribution is -2.39. The number of hydrogen-bond acceptors (Lipinski definition) is 2. The zero-order chi connectivity index (χ0) is 18.2. The summed E-state index contributed by atoms with van der Waals surface area (Å²) in [5.74, 6) is -0.692. The molecular formula is C19H24ClF3N2. The summed E-state index contributed by atoms with van der Waals surface area (Å²) >= 11 is 6.04. The van der Waals surface area contributed by atoms with Crippen molar-refractivity contribution in [3.05, 3.63) is 36.0 Å². The van der Waals surface area contributed by atoms with Gasteiger partial charge in [-0.2, -0.15) is 18.3 Å². The Morgan fingerprint density at radius 2 is 2.12 bits per heavy atom. The summed E-state index contributed by atoms with van der Waals surface area (Å²) in [6, 6.07) is -0.226. The Morgan fingerprint density at radius 3 is 2.64 bits per heavy atom. The number of hydrogen-bond donors (Lipinski definition) is 0. The van der Waals surface area contributed by atoms with Crippen molar-refractivity contribution in [1.82, 2.24) is 5.01 Å². The number of alkyl halides is 4. The largest absolute Gasteiger partial charge is 0.431 e. The zero-order valence-corrected chi connectivity index (χ0v) is 15.2. The van der Waals surface area contributed by atoms with Crippen molar-refractivity contribution in [2.75, 3.05) is 0 Å². The Hall–Kier alpha value is -1.23. The fraction of sp³-hybridized carbons (Fsp3) is 0.632. The van der Waals surface area contributed by atoms with E-state index in [-0.39, 0.29) is 17.5 Å². The molecule has 1 saturated carbocycles. The van der Waals surface area contributed by atoms with E-state index in [0.29, 0.717) is 12.8 Å². The standard InChI is InChI=1S/C19H24ClF3N2/c1-3-4-12(2)17-16(11-13-5-7-14(20)8-6-13)18(19(21,22)23)24-25(17)15-9-10-15/h5-7,14-17H,2-4,8-11H2,1H3. The third-order valence-electron chi connectivity index (χ3n) is 5.02. The summed E-state index contributed by atoms with van der Waals surface area (Å²) in [5, 5.41) is 5.68. The lowest BCUT2D eigenvalue weighted by Gasteiger charge is -2.30. The molecule has 0 spiro atoms. The first kappa shape index (κ1) is 18.6. The van der Waals surface area contributed by atoms with E-state index in [9.17, 15) is 13.2 Å². The van der Waals surface area contributed by atoms with E-state index in [1.807, 2.05) is 25.2 Å². The Morgan fingerprint density at radius 1 is 1.40 bits per heavy atom. The van der Waals surface area contributed by atoms with Gasteiger partial charge in [0.1, 0.15) is 5.71 Å². The van der Waals surface area contributed by atoms with Gasteiger partial charge in [0, 0.05) is 12.0 Å². The maximum absolute atomic E-state index is 13.7. The number of hydrazone groups is 1. The van der Waals surface area contributed by atoms with Crippen molar-refractivity contribution < 1.29 is 13.2 Å². The molecule has 0 aromatic rings. The van der Waals surface area contributed by atoms with Crippen LogP contribution in [0.2, 0.25) is 0 Å². The third kappa shape index (κ3) is 4.13. The van der Waals surface area contributed by atoms with Gasteiger partial charge >= 0.3 is 6.18 Å². The van der Waals surface area contributed by atoms with Gasteiger partial charge in [0.05, 0.1) is 11.4 Å². The molecule has 138 valence electrons. The van der Waals surface area contributed by atoms with Crippen LogP contribution in [0.5, 0.6) is 0 Å². The third-order valence-corrected chi connectivity index (χ3v) is 5.34. The van der Waals surface area contributed by atoms with E-state index in [2.05, 4.69) is 11.7 Å². The number of halogens is 4. The summed E-state index contributed by atoms with van der Waals surface area (Å²) in [6.45, 7) is 6.14. The molecule has 2 aliphatic carbocycles. The maximum atomic E-state index is 13.7. The molecule has 0 amide bonds. The van der Waals surface area contributed by atoms with Crippen LogP contribution in [0.3, 0.4) is 0 Å². The summed E-state index contributed by atoms with van der Waals surface area (Å²) < 4.78 is 41.0. The average molecular weight is 373 g/mol. The number of allylic oxidation sites excluding steroid dienone is 4. The lowest BCUT2D eigenvalue weighted by atomic mass is 9.82. The van der Waals surface area contributed by atoms with E-state index >= 15 is 0 Å². The second-order valence-electron chi connectivity index (χ2n) is 7.15. The minimum atomic E-state index is -4.41. The maximum Gasteiger partial charge on any atom is 0.431 e. The van der Waals surface area contributed by atoms with Crippen LogP contribution >= 0.6 is 11.6 Å². The fourth-order valence-electron chi connectivity index (χ4n) is 3.70. The first-order valence-corrected chi connectivity index (χ1v) is 9.38. The van der Waals surface area contributed by atoms with E-state index in [4.69, 9.17) is 11.6 Å². The Kier molecular flexibility index (Phi) is 5.33. The Bertz CT molecular complexity index is 617. The average Bonchev–Trinajstić information content (AvgIpc) is 3.30. The molecule has 3 unspecified atom stereocenters. The minimum absolute atomic E-state index is 0.0723. The van der Waals surface area contributed by atoms with Gasteiger partial charge in [0.25, 0.3) is 0 Å². The van der Waals surface area contributed by atoms with Crippen molar-refractivity contribution in [2.24, 2.45) is 11.0 Å². The van der Waals surface area contributed by atoms with Crippen LogP contribution in [0.25, 0.3) is 0 Å². The Labute approximate surface area is 152 Å². The van der Waals surface area contributed by atoms with Crippen molar-refractivity contribution in [1.29, 1.82) is 0 Å². The highest BCUT2D eigenvalue weighted by molar-refractivity contribution is 6.22. The molecule has 2 nitrogen and oxygen atoms in total. The van der Waals surface area contributed by atoms with E-state index in [0.717, 1.165) is 36.8 Å². The highest BCUT2D eigenvalue weighted by Gasteiger charge is 2.53. The van der Waals surface area contributed by atoms with Crippen LogP contribution in [0.15, 0.2) is 41.1 Å². The second-order valence-corrected chi connectivity index (χ2v) is 7.71. The van der Waals surface area contributed by atoms with Crippen LogP contribution in [0, 0.1) is 5.92 Å². The highest BCUT2D eigenvalue weighted by atomic mass is 35.5. The lowest BCUT2D eigenvalue weighted by molar-refractivity contribution is -0.0622. The smallest absolute Gasteiger partial charge is 0.286 e. The molecule has 1 fully saturated rings. The van der Waals surface area contributed by atoms with Crippen molar-refractivity contribution in [2.45, 2.75) is 69.1 Å². The SMILES string of the molecule is C=C(CCC)C1C(CC2=CCC(Cl)C=C2)C(C(F)(F)F)=NN1C1CC1. The summed E-state index contributed by atoms with van der Waals surface area (Å²) in [4.78, 5) is 0. The molecule has 0 saturated heterocycles. The van der Waals surface area contributed by atoms with Crippen LogP contribution in [0.4, 0.5) is 13.2 Å². The molecule has 0 bridgehead atoms. The van der Waals surface area contributed by atoms with E-state index in [1.165, 1.54) is 0 Å². The molecule has 0 N–H and O–H groups in total. The van der Waals surface area contributed by atoms with E-state index in [1.54, 1.807) is 5.01 Å². The number of rotatable bonds is 6. The van der Waals surface area contributed by atoms with Gasteiger partial charge in [-0.15, -0.1) is 11.6 Å². The highest BCUT2D eigenvalue weighted by Crippen LogP contribution is 2.44. The molecule has 3 atom stereocenters. The Balaban J connectivity index is 1.89. The monoisotopic (exact) mass is 372 g/mol. The molecule has 0 radical (unpaired) electrons. The van der Waals surface area contributed by atoms with Gasteiger partial charge in [0.2, 0.25) is 0 Å². The molecule has 0 aromatic heterocycles. The quantitative estimate of drug-likeness (QED) is 0.437. The summed E-state index contributed by atoms with van der Waals surface area (Å²) in [7, 11) is 0. The van der Waals surface area contributed by atoms with Gasteiger partial charge in [-0.05, 0) is 32.1 Å². The van der Waals surface area contributed by atoms with Gasteiger partial charge < -0.3 is 0 Å². The molecule has 0 aromatic carbocycles. The van der Waals surface area contributed by atoms with Crippen molar-refractivity contribution in [3.8, 4) is 0 Å².